The zero-order valence-corrected chi connectivity index (χ0v) is 58.6. The third kappa shape index (κ3) is 10.6. The van der Waals surface area contributed by atoms with Crippen LogP contribution in [0.25, 0.3) is 33.4 Å². The van der Waals surface area contributed by atoms with E-state index in [-0.39, 0.29) is 24.3 Å². The monoisotopic (exact) mass is 1320 g/mol. The second-order valence-corrected chi connectivity index (χ2v) is 31.0. The lowest BCUT2D eigenvalue weighted by Crippen LogP contribution is -2.64. The molecule has 4 heterocycles. The first kappa shape index (κ1) is 61.4. The van der Waals surface area contributed by atoms with Crippen molar-refractivity contribution in [3.63, 3.8) is 0 Å². The molecule has 478 valence electrons. The second-order valence-electron chi connectivity index (χ2n) is 28.8. The van der Waals surface area contributed by atoms with Crippen LogP contribution in [0.4, 0.5) is 68.2 Å². The molecule has 0 amide bonds. The topological polar surface area (TPSA) is 13.0 Å². The molecule has 18 rings (SSSR count). The Morgan fingerprint density at radius 3 is 1.22 bits per heavy atom. The van der Waals surface area contributed by atoms with Crippen LogP contribution in [0, 0.1) is 0 Å². The van der Waals surface area contributed by atoms with Gasteiger partial charge in [0.05, 0.1) is 5.69 Å². The number of fused-ring (bicyclic) bond motifs is 8. The van der Waals surface area contributed by atoms with Crippen LogP contribution in [0.2, 0.25) is 0 Å². The van der Waals surface area contributed by atoms with Crippen molar-refractivity contribution in [1.82, 2.24) is 0 Å². The minimum absolute atomic E-state index is 0.0285. The van der Waals surface area contributed by atoms with E-state index in [4.69, 9.17) is 0 Å². The highest BCUT2D eigenvalue weighted by molar-refractivity contribution is 8.00. The first-order valence-corrected chi connectivity index (χ1v) is 36.5. The van der Waals surface area contributed by atoms with Gasteiger partial charge < -0.3 is 19.6 Å². The number of nitrogens with zero attached hydrogens (tertiary/aromatic N) is 4. The van der Waals surface area contributed by atoms with Gasteiger partial charge in [0.1, 0.15) is 0 Å². The summed E-state index contributed by atoms with van der Waals surface area (Å²) in [4.78, 5) is 15.2. The SMILES string of the molecule is CC(C)(C)c1ccc(-c2cccc(-c3ccc(C(C)(C)C)cc3)c2N2c3cc4c(cc3B3c5ccccc5Sc5cc(N(c6ccccc6)c6ccccc6)cc2c53)B2c3ccccc3N(c3ccccc3)c3cc(N(c5ccccc5)c5ccc(-c6ccccc6)cc5)cc(c32)S4)cc1. The number of para-hydroxylation sites is 6. The van der Waals surface area contributed by atoms with Gasteiger partial charge in [-0.2, -0.15) is 0 Å². The van der Waals surface area contributed by atoms with Gasteiger partial charge in [0.15, 0.2) is 0 Å². The van der Waals surface area contributed by atoms with Crippen molar-refractivity contribution in [3.05, 3.63) is 339 Å². The van der Waals surface area contributed by atoms with Gasteiger partial charge in [0, 0.05) is 93.3 Å². The summed E-state index contributed by atoms with van der Waals surface area (Å²) in [5, 5.41) is 0. The fraction of sp³-hybridized carbons (Fsp3) is 0.0870. The summed E-state index contributed by atoms with van der Waals surface area (Å²) in [6.07, 6.45) is 0. The van der Waals surface area contributed by atoms with Crippen LogP contribution < -0.4 is 52.4 Å². The summed E-state index contributed by atoms with van der Waals surface area (Å²) in [5.41, 5.74) is 31.0. The summed E-state index contributed by atoms with van der Waals surface area (Å²) in [5.74, 6) is 0. The van der Waals surface area contributed by atoms with E-state index >= 15 is 0 Å². The Balaban J connectivity index is 0.932. The highest BCUT2D eigenvalue weighted by Gasteiger charge is 2.47. The molecule has 100 heavy (non-hydrogen) atoms. The van der Waals surface area contributed by atoms with E-state index in [2.05, 4.69) is 389 Å². The van der Waals surface area contributed by atoms with Crippen molar-refractivity contribution in [2.24, 2.45) is 0 Å². The van der Waals surface area contributed by atoms with E-state index in [1.165, 1.54) is 120 Å². The molecular weight excluding hydrogens is 1250 g/mol. The molecule has 0 atom stereocenters. The van der Waals surface area contributed by atoms with Gasteiger partial charge in [0.25, 0.3) is 0 Å². The summed E-state index contributed by atoms with van der Waals surface area (Å²) in [7, 11) is 0. The van der Waals surface area contributed by atoms with Crippen LogP contribution in [0.3, 0.4) is 0 Å². The van der Waals surface area contributed by atoms with E-state index < -0.39 is 0 Å². The fourth-order valence-corrected chi connectivity index (χ4v) is 18.2. The van der Waals surface area contributed by atoms with Crippen molar-refractivity contribution in [1.29, 1.82) is 0 Å². The van der Waals surface area contributed by atoms with Crippen molar-refractivity contribution < 1.29 is 0 Å². The lowest BCUT2D eigenvalue weighted by atomic mass is 9.31. The van der Waals surface area contributed by atoms with Gasteiger partial charge in [-0.3, -0.25) is 0 Å². The van der Waals surface area contributed by atoms with Crippen LogP contribution in [0.1, 0.15) is 52.7 Å². The second kappa shape index (κ2) is 24.5. The molecule has 0 aromatic heterocycles. The van der Waals surface area contributed by atoms with Gasteiger partial charge in [-0.15, -0.1) is 0 Å². The van der Waals surface area contributed by atoms with Crippen LogP contribution >= 0.6 is 23.5 Å². The molecular formula is C92H72B2N4S2. The first-order valence-electron chi connectivity index (χ1n) is 34.9. The van der Waals surface area contributed by atoms with Crippen molar-refractivity contribution in [2.75, 3.05) is 19.6 Å². The Hall–Kier alpha value is -10.9. The van der Waals surface area contributed by atoms with Crippen LogP contribution in [-0.2, 0) is 10.8 Å². The Kier molecular flexibility index (Phi) is 15.1. The quantitative estimate of drug-likeness (QED) is 0.119. The predicted octanol–water partition coefficient (Wildman–Crippen LogP) is 21.8. The first-order chi connectivity index (χ1) is 48.9. The molecule has 0 fully saturated rings. The van der Waals surface area contributed by atoms with Gasteiger partial charge in [-0.25, -0.2) is 0 Å². The highest BCUT2D eigenvalue weighted by Crippen LogP contribution is 2.54. The summed E-state index contributed by atoms with van der Waals surface area (Å²) >= 11 is 3.83. The Morgan fingerprint density at radius 1 is 0.270 bits per heavy atom. The minimum atomic E-state index is -0.108. The van der Waals surface area contributed by atoms with Crippen LogP contribution in [0.15, 0.2) is 347 Å². The van der Waals surface area contributed by atoms with E-state index in [0.717, 1.165) is 45.5 Å². The number of hydrogen-bond acceptors (Lipinski definition) is 6. The Bertz CT molecular complexity index is 5330. The van der Waals surface area contributed by atoms with E-state index in [9.17, 15) is 0 Å². The number of rotatable bonds is 11. The normalized spacial score (nSPS) is 13.1. The zero-order valence-electron chi connectivity index (χ0n) is 56.9. The Labute approximate surface area is 597 Å². The molecule has 0 saturated carbocycles. The number of anilines is 12. The third-order valence-electron chi connectivity index (χ3n) is 20.6. The molecule has 14 aromatic rings. The van der Waals surface area contributed by atoms with E-state index in [1.54, 1.807) is 0 Å². The molecule has 8 heteroatoms. The maximum atomic E-state index is 2.72. The molecule has 0 radical (unpaired) electrons. The molecule has 0 aliphatic carbocycles. The van der Waals surface area contributed by atoms with Crippen molar-refractivity contribution >= 4 is 138 Å². The summed E-state index contributed by atoms with van der Waals surface area (Å²) < 4.78 is 0. The van der Waals surface area contributed by atoms with E-state index in [1.807, 2.05) is 23.5 Å². The average Bonchev–Trinajstić information content (AvgIpc) is 0.692. The van der Waals surface area contributed by atoms with Crippen molar-refractivity contribution in [3.8, 4) is 33.4 Å². The lowest BCUT2D eigenvalue weighted by molar-refractivity contribution is 0.590. The largest absolute Gasteiger partial charge is 0.311 e. The van der Waals surface area contributed by atoms with Crippen molar-refractivity contribution in [2.45, 2.75) is 72.0 Å². The number of benzene rings is 14. The Morgan fingerprint density at radius 2 is 0.690 bits per heavy atom. The number of hydrogen-bond donors (Lipinski definition) is 0. The molecule has 14 aromatic carbocycles. The molecule has 0 saturated heterocycles. The molecule has 0 bridgehead atoms. The van der Waals surface area contributed by atoms with Crippen LogP contribution in [0.5, 0.6) is 0 Å². The van der Waals surface area contributed by atoms with Gasteiger partial charge in [0.2, 0.25) is 13.4 Å². The van der Waals surface area contributed by atoms with Gasteiger partial charge >= 0.3 is 0 Å². The predicted molar refractivity (Wildman–Crippen MR) is 429 cm³/mol. The fourth-order valence-electron chi connectivity index (χ4n) is 15.8. The lowest BCUT2D eigenvalue weighted by Gasteiger charge is -2.44. The molecule has 4 aliphatic rings. The maximum absolute atomic E-state index is 2.72. The smallest absolute Gasteiger partial charge is 0.249 e. The summed E-state index contributed by atoms with van der Waals surface area (Å²) in [6.45, 7) is 13.7. The molecule has 0 N–H and O–H groups in total. The zero-order chi connectivity index (χ0) is 67.4. The molecule has 0 spiro atoms. The minimum Gasteiger partial charge on any atom is -0.311 e. The molecule has 4 aliphatic heterocycles. The van der Waals surface area contributed by atoms with Crippen LogP contribution in [-0.4, -0.2) is 13.4 Å². The standard InChI is InChI=1S/C92H72B2N4S2/c1-91(2,3)65-49-43-63(44-50-65)74-37-26-38-75(64-45-51-66(52-46-64)92(4,5)6)90(74)98-81-60-85-79(59-78(81)94-77-40-23-25-42-84(77)99-86-57-73(56-83(98)89(86)94)95(67-29-14-8-15-30-67)68-31-16-9-17-32-68)93-76-39-22-24-41-80(76)97(70-35-20-11-21-36-70)82-55-72(58-87(100-85)88(82)93)96(69-33-18-10-19-34-69)71-53-47-62(48-54-71)61-27-12-7-13-28-61/h7-60H,1-6H3. The maximum Gasteiger partial charge on any atom is 0.249 e. The molecule has 4 nitrogen and oxygen atoms in total. The third-order valence-corrected chi connectivity index (χ3v) is 22.9. The molecule has 0 unspecified atom stereocenters. The average molecular weight is 1320 g/mol. The van der Waals surface area contributed by atoms with Gasteiger partial charge in [-0.1, -0.05) is 300 Å². The van der Waals surface area contributed by atoms with Gasteiger partial charge in [-0.05, 0) is 169 Å². The van der Waals surface area contributed by atoms with E-state index in [0.29, 0.717) is 0 Å². The highest BCUT2D eigenvalue weighted by atomic mass is 32.2. The summed E-state index contributed by atoms with van der Waals surface area (Å²) in [6, 6.07) is 123.